The Morgan fingerprint density at radius 3 is 2.59 bits per heavy atom. The molecule has 17 heavy (non-hydrogen) atoms. The quantitative estimate of drug-likeness (QED) is 0.867. The number of ether oxygens (including phenoxy) is 1. The van der Waals surface area contributed by atoms with E-state index in [0.717, 1.165) is 30.1 Å². The predicted octanol–water partition coefficient (Wildman–Crippen LogP) is 3.18. The highest BCUT2D eigenvalue weighted by Gasteiger charge is 2.20. The molecule has 2 rings (SSSR count). The highest BCUT2D eigenvalue weighted by molar-refractivity contribution is 5.33. The van der Waals surface area contributed by atoms with E-state index in [4.69, 9.17) is 9.84 Å². The fourth-order valence-electron chi connectivity index (χ4n) is 2.47. The molecule has 1 fully saturated rings. The van der Waals surface area contributed by atoms with Crippen molar-refractivity contribution < 1.29 is 9.84 Å². The van der Waals surface area contributed by atoms with E-state index in [1.165, 1.54) is 12.8 Å². The van der Waals surface area contributed by atoms with Gasteiger partial charge in [-0.2, -0.15) is 0 Å². The van der Waals surface area contributed by atoms with Gasteiger partial charge in [0, 0.05) is 6.61 Å². The second-order valence-corrected chi connectivity index (χ2v) is 5.08. The van der Waals surface area contributed by atoms with Crippen LogP contribution in [0.25, 0.3) is 0 Å². The number of aliphatic hydroxyl groups excluding tert-OH is 1. The van der Waals surface area contributed by atoms with E-state index in [1.807, 2.05) is 24.3 Å². The Labute approximate surface area is 104 Å². The first-order valence-electron chi connectivity index (χ1n) is 6.65. The third-order valence-electron chi connectivity index (χ3n) is 3.61. The van der Waals surface area contributed by atoms with E-state index in [1.54, 1.807) is 0 Å². The van der Waals surface area contributed by atoms with Gasteiger partial charge in [0.25, 0.3) is 0 Å². The van der Waals surface area contributed by atoms with Gasteiger partial charge >= 0.3 is 0 Å². The molecular weight excluding hydrogens is 212 g/mol. The van der Waals surface area contributed by atoms with Gasteiger partial charge in [0.15, 0.2) is 0 Å². The van der Waals surface area contributed by atoms with E-state index < -0.39 is 0 Å². The molecule has 0 aromatic heterocycles. The third kappa shape index (κ3) is 3.47. The Hall–Kier alpha value is -1.02. The molecule has 0 aliphatic heterocycles. The second kappa shape index (κ2) is 6.06. The molecule has 1 aromatic carbocycles. The summed E-state index contributed by atoms with van der Waals surface area (Å²) in [6.45, 7) is 2.50. The molecule has 1 aliphatic carbocycles. The molecule has 0 unspecified atom stereocenters. The lowest BCUT2D eigenvalue weighted by Crippen LogP contribution is -2.23. The average Bonchev–Trinajstić information content (AvgIpc) is 2.35. The van der Waals surface area contributed by atoms with Crippen LogP contribution in [0.5, 0.6) is 5.75 Å². The van der Waals surface area contributed by atoms with Crippen LogP contribution in [0.2, 0.25) is 0 Å². The Balaban J connectivity index is 1.98. The van der Waals surface area contributed by atoms with Crippen LogP contribution >= 0.6 is 0 Å². The molecule has 0 amide bonds. The summed E-state index contributed by atoms with van der Waals surface area (Å²) < 4.78 is 6.08. The minimum Gasteiger partial charge on any atom is -0.490 e. The van der Waals surface area contributed by atoms with Crippen molar-refractivity contribution in [2.45, 2.75) is 45.1 Å². The third-order valence-corrected chi connectivity index (χ3v) is 3.61. The number of aliphatic hydroxyl groups is 1. The maximum atomic E-state index is 9.03. The van der Waals surface area contributed by atoms with Crippen LogP contribution in [0.15, 0.2) is 24.3 Å². The average molecular weight is 234 g/mol. The lowest BCUT2D eigenvalue weighted by atomic mass is 9.89. The van der Waals surface area contributed by atoms with Gasteiger partial charge in [-0.05, 0) is 49.7 Å². The molecule has 2 heteroatoms. The summed E-state index contributed by atoms with van der Waals surface area (Å²) in [5.41, 5.74) is 1.12. The van der Waals surface area contributed by atoms with Gasteiger partial charge in [-0.3, -0.25) is 0 Å². The van der Waals surface area contributed by atoms with Crippen LogP contribution in [-0.4, -0.2) is 17.8 Å². The zero-order chi connectivity index (χ0) is 12.1. The number of hydrogen-bond acceptors (Lipinski definition) is 2. The molecule has 0 heterocycles. The van der Waals surface area contributed by atoms with Gasteiger partial charge in [0.1, 0.15) is 5.75 Å². The van der Waals surface area contributed by atoms with Crippen molar-refractivity contribution in [1.29, 1.82) is 0 Å². The minimum absolute atomic E-state index is 0.183. The van der Waals surface area contributed by atoms with Gasteiger partial charge in [-0.15, -0.1) is 0 Å². The lowest BCUT2D eigenvalue weighted by molar-refractivity contribution is 0.134. The molecule has 1 aliphatic rings. The van der Waals surface area contributed by atoms with Gasteiger partial charge in [0.05, 0.1) is 6.10 Å². The van der Waals surface area contributed by atoms with Crippen molar-refractivity contribution >= 4 is 0 Å². The summed E-state index contributed by atoms with van der Waals surface area (Å²) in [7, 11) is 0. The van der Waals surface area contributed by atoms with E-state index >= 15 is 0 Å². The van der Waals surface area contributed by atoms with Crippen molar-refractivity contribution in [1.82, 2.24) is 0 Å². The van der Waals surface area contributed by atoms with Gasteiger partial charge in [0.2, 0.25) is 0 Å². The van der Waals surface area contributed by atoms with Crippen LogP contribution in [0, 0.1) is 5.92 Å². The smallest absolute Gasteiger partial charge is 0.122 e. The van der Waals surface area contributed by atoms with Crippen LogP contribution in [0.1, 0.15) is 38.2 Å². The predicted molar refractivity (Wildman–Crippen MR) is 69.3 cm³/mol. The van der Waals surface area contributed by atoms with Crippen LogP contribution in [0.4, 0.5) is 0 Å². The maximum absolute atomic E-state index is 9.03. The fraction of sp³-hybridized carbons (Fsp3) is 0.600. The standard InChI is InChI=1S/C15H22O2/c1-12-6-8-14(9-7-12)17-15-5-3-2-4-13(15)10-11-16/h2-5,12,14,16H,6-11H2,1H3. The second-order valence-electron chi connectivity index (χ2n) is 5.08. The Morgan fingerprint density at radius 1 is 1.18 bits per heavy atom. The molecule has 0 saturated heterocycles. The largest absolute Gasteiger partial charge is 0.490 e. The first-order valence-corrected chi connectivity index (χ1v) is 6.65. The van der Waals surface area contributed by atoms with Crippen molar-refractivity contribution in [3.8, 4) is 5.75 Å². The van der Waals surface area contributed by atoms with Gasteiger partial charge < -0.3 is 9.84 Å². The van der Waals surface area contributed by atoms with Gasteiger partial charge in [-0.25, -0.2) is 0 Å². The van der Waals surface area contributed by atoms with Crippen LogP contribution in [0.3, 0.4) is 0 Å². The normalized spacial score (nSPS) is 24.6. The molecule has 1 saturated carbocycles. The van der Waals surface area contributed by atoms with Crippen LogP contribution in [-0.2, 0) is 6.42 Å². The SMILES string of the molecule is CC1CCC(Oc2ccccc2CCO)CC1. The highest BCUT2D eigenvalue weighted by Crippen LogP contribution is 2.28. The van der Waals surface area contributed by atoms with E-state index in [2.05, 4.69) is 6.92 Å². The van der Waals surface area contributed by atoms with E-state index in [-0.39, 0.29) is 6.61 Å². The van der Waals surface area contributed by atoms with Crippen LogP contribution < -0.4 is 4.74 Å². The summed E-state index contributed by atoms with van der Waals surface area (Å²) in [5.74, 6) is 1.81. The molecule has 0 radical (unpaired) electrons. The first-order chi connectivity index (χ1) is 8.29. The summed E-state index contributed by atoms with van der Waals surface area (Å²) in [6, 6.07) is 8.06. The Morgan fingerprint density at radius 2 is 1.88 bits per heavy atom. The number of rotatable bonds is 4. The van der Waals surface area contributed by atoms with Crippen molar-refractivity contribution in [3.05, 3.63) is 29.8 Å². The topological polar surface area (TPSA) is 29.5 Å². The number of benzene rings is 1. The van der Waals surface area contributed by atoms with Crippen molar-refractivity contribution in [2.75, 3.05) is 6.61 Å². The molecule has 94 valence electrons. The molecule has 0 atom stereocenters. The molecule has 2 nitrogen and oxygen atoms in total. The summed E-state index contributed by atoms with van der Waals surface area (Å²) >= 11 is 0. The zero-order valence-electron chi connectivity index (χ0n) is 10.6. The summed E-state index contributed by atoms with van der Waals surface area (Å²) in [5, 5.41) is 9.03. The summed E-state index contributed by atoms with van der Waals surface area (Å²) in [6.07, 6.45) is 5.91. The zero-order valence-corrected chi connectivity index (χ0v) is 10.6. The number of hydrogen-bond donors (Lipinski definition) is 1. The maximum Gasteiger partial charge on any atom is 0.122 e. The molecular formula is C15H22O2. The molecule has 1 aromatic rings. The van der Waals surface area contributed by atoms with Crippen molar-refractivity contribution in [2.24, 2.45) is 5.92 Å². The molecule has 1 N–H and O–H groups in total. The Kier molecular flexibility index (Phi) is 4.43. The summed E-state index contributed by atoms with van der Waals surface area (Å²) in [4.78, 5) is 0. The van der Waals surface area contributed by atoms with E-state index in [9.17, 15) is 0 Å². The van der Waals surface area contributed by atoms with Gasteiger partial charge in [-0.1, -0.05) is 25.1 Å². The number of para-hydroxylation sites is 1. The van der Waals surface area contributed by atoms with Crippen molar-refractivity contribution in [3.63, 3.8) is 0 Å². The fourth-order valence-corrected chi connectivity index (χ4v) is 2.47. The highest BCUT2D eigenvalue weighted by atomic mass is 16.5. The molecule has 0 spiro atoms. The first kappa shape index (κ1) is 12.4. The molecule has 0 bridgehead atoms. The Bertz CT molecular complexity index is 341. The lowest BCUT2D eigenvalue weighted by Gasteiger charge is -2.27. The monoisotopic (exact) mass is 234 g/mol. The minimum atomic E-state index is 0.183. The van der Waals surface area contributed by atoms with E-state index in [0.29, 0.717) is 12.5 Å².